The molecule has 2 N–H and O–H groups in total. The molecule has 0 fully saturated rings. The van der Waals surface area contributed by atoms with Crippen molar-refractivity contribution in [1.29, 1.82) is 0 Å². The highest BCUT2D eigenvalue weighted by Crippen LogP contribution is 2.09. The summed E-state index contributed by atoms with van der Waals surface area (Å²) >= 11 is 0. The van der Waals surface area contributed by atoms with Crippen molar-refractivity contribution in [3.8, 4) is 0 Å². The maximum atomic E-state index is 5.48. The quantitative estimate of drug-likeness (QED) is 0.756. The van der Waals surface area contributed by atoms with Gasteiger partial charge in [-0.1, -0.05) is 12.0 Å². The molecule has 0 atom stereocenters. The summed E-state index contributed by atoms with van der Waals surface area (Å²) < 4.78 is 5.48. The Morgan fingerprint density at radius 1 is 1.43 bits per heavy atom. The fraction of sp³-hybridized carbons (Fsp3) is 0.375. The van der Waals surface area contributed by atoms with Crippen LogP contribution in [-0.4, -0.2) is 20.6 Å². The summed E-state index contributed by atoms with van der Waals surface area (Å²) in [4.78, 5) is 0. The zero-order chi connectivity index (χ0) is 9.80. The number of hydrogen-bond donors (Lipinski definition) is 2. The normalized spacial score (nSPS) is 10.4. The lowest BCUT2D eigenvalue weighted by molar-refractivity contribution is 0.475. The van der Waals surface area contributed by atoms with Crippen LogP contribution in [0.2, 0.25) is 0 Å². The number of aromatic nitrogens is 4. The van der Waals surface area contributed by atoms with Crippen molar-refractivity contribution in [2.45, 2.75) is 19.9 Å². The summed E-state index contributed by atoms with van der Waals surface area (Å²) in [5, 5.41) is 16.3. The van der Waals surface area contributed by atoms with Crippen LogP contribution in [0.15, 0.2) is 16.5 Å². The van der Waals surface area contributed by atoms with E-state index in [0.29, 0.717) is 12.5 Å². The molecule has 0 saturated heterocycles. The van der Waals surface area contributed by atoms with E-state index in [-0.39, 0.29) is 0 Å². The molecule has 0 bridgehead atoms. The molecule has 6 heteroatoms. The first-order chi connectivity index (χ1) is 6.88. The van der Waals surface area contributed by atoms with Crippen molar-refractivity contribution < 1.29 is 4.42 Å². The van der Waals surface area contributed by atoms with Gasteiger partial charge in [0.25, 0.3) is 5.95 Å². The fourth-order valence-corrected chi connectivity index (χ4v) is 1.11. The van der Waals surface area contributed by atoms with E-state index >= 15 is 0 Å². The van der Waals surface area contributed by atoms with Gasteiger partial charge in [0.15, 0.2) is 0 Å². The van der Waals surface area contributed by atoms with Gasteiger partial charge in [0, 0.05) is 6.42 Å². The molecule has 0 aliphatic heterocycles. The number of tetrazole rings is 1. The molecule has 14 heavy (non-hydrogen) atoms. The molecule has 0 saturated carbocycles. The van der Waals surface area contributed by atoms with E-state index < -0.39 is 0 Å². The number of furan rings is 1. The van der Waals surface area contributed by atoms with Crippen molar-refractivity contribution in [2.75, 3.05) is 5.32 Å². The van der Waals surface area contributed by atoms with Crippen molar-refractivity contribution in [3.05, 3.63) is 23.7 Å². The molecule has 2 aromatic heterocycles. The zero-order valence-corrected chi connectivity index (χ0v) is 7.82. The first kappa shape index (κ1) is 8.74. The Kier molecular flexibility index (Phi) is 2.44. The number of nitrogens with one attached hydrogen (secondary N) is 2. The molecular weight excluding hydrogens is 182 g/mol. The molecular formula is C8H11N5O. The monoisotopic (exact) mass is 193 g/mol. The number of aryl methyl sites for hydroxylation is 1. The summed E-state index contributed by atoms with van der Waals surface area (Å²) in [6, 6.07) is 3.90. The van der Waals surface area contributed by atoms with Crippen LogP contribution in [0.3, 0.4) is 0 Å². The van der Waals surface area contributed by atoms with E-state index in [9.17, 15) is 0 Å². The van der Waals surface area contributed by atoms with Crippen LogP contribution in [-0.2, 0) is 13.0 Å². The van der Waals surface area contributed by atoms with Crippen LogP contribution < -0.4 is 5.32 Å². The first-order valence-electron chi connectivity index (χ1n) is 4.43. The zero-order valence-electron chi connectivity index (χ0n) is 7.82. The molecule has 74 valence electrons. The number of aromatic amines is 1. The van der Waals surface area contributed by atoms with E-state index in [1.807, 2.05) is 12.1 Å². The van der Waals surface area contributed by atoms with Crippen LogP contribution in [0.5, 0.6) is 0 Å². The maximum absolute atomic E-state index is 5.48. The summed E-state index contributed by atoms with van der Waals surface area (Å²) in [5.41, 5.74) is 0. The van der Waals surface area contributed by atoms with Gasteiger partial charge in [-0.2, -0.15) is 5.21 Å². The standard InChI is InChI=1S/C8H11N5O/c1-2-6-3-4-7(14-6)5-9-8-10-12-13-11-8/h3-4H,2,5H2,1H3,(H2,9,10,11,12,13). The lowest BCUT2D eigenvalue weighted by Crippen LogP contribution is -1.99. The van der Waals surface area contributed by atoms with Gasteiger partial charge in [-0.25, -0.2) is 0 Å². The number of nitrogens with zero attached hydrogens (tertiary/aromatic N) is 3. The minimum atomic E-state index is 0.472. The summed E-state index contributed by atoms with van der Waals surface area (Å²) in [6.45, 7) is 2.62. The molecule has 2 rings (SSSR count). The Hall–Kier alpha value is -1.85. The second kappa shape index (κ2) is 3.91. The molecule has 0 aliphatic rings. The van der Waals surface area contributed by atoms with E-state index in [2.05, 4.69) is 32.9 Å². The highest BCUT2D eigenvalue weighted by molar-refractivity contribution is 5.21. The number of H-pyrrole nitrogens is 1. The molecule has 0 aromatic carbocycles. The minimum Gasteiger partial charge on any atom is -0.464 e. The molecule has 0 amide bonds. The average Bonchev–Trinajstić information content (AvgIpc) is 2.86. The van der Waals surface area contributed by atoms with Gasteiger partial charge in [-0.3, -0.25) is 0 Å². The van der Waals surface area contributed by atoms with Crippen LogP contribution in [0.4, 0.5) is 5.95 Å². The van der Waals surface area contributed by atoms with Gasteiger partial charge >= 0.3 is 0 Å². The van der Waals surface area contributed by atoms with Crippen molar-refractivity contribution in [2.24, 2.45) is 0 Å². The smallest absolute Gasteiger partial charge is 0.263 e. The first-order valence-corrected chi connectivity index (χ1v) is 4.43. The predicted octanol–water partition coefficient (Wildman–Crippen LogP) is 0.967. The maximum Gasteiger partial charge on any atom is 0.263 e. The number of hydrogen-bond acceptors (Lipinski definition) is 5. The SMILES string of the molecule is CCc1ccc(CNc2nn[nH]n2)o1. The van der Waals surface area contributed by atoms with Crippen LogP contribution in [0.1, 0.15) is 18.4 Å². The second-order valence-electron chi connectivity index (χ2n) is 2.81. The van der Waals surface area contributed by atoms with Crippen LogP contribution in [0.25, 0.3) is 0 Å². The second-order valence-corrected chi connectivity index (χ2v) is 2.81. The molecule has 0 aliphatic carbocycles. The number of rotatable bonds is 4. The van der Waals surface area contributed by atoms with Gasteiger partial charge < -0.3 is 9.73 Å². The summed E-state index contributed by atoms with van der Waals surface area (Å²) in [6.07, 6.45) is 0.905. The summed E-state index contributed by atoms with van der Waals surface area (Å²) in [5.74, 6) is 2.32. The van der Waals surface area contributed by atoms with Gasteiger partial charge in [-0.05, 0) is 17.3 Å². The minimum absolute atomic E-state index is 0.472. The van der Waals surface area contributed by atoms with Crippen molar-refractivity contribution in [3.63, 3.8) is 0 Å². The van der Waals surface area contributed by atoms with Crippen molar-refractivity contribution in [1.82, 2.24) is 20.6 Å². The Balaban J connectivity index is 1.92. The lowest BCUT2D eigenvalue weighted by Gasteiger charge is -1.96. The lowest BCUT2D eigenvalue weighted by atomic mass is 10.3. The van der Waals surface area contributed by atoms with E-state index in [1.165, 1.54) is 0 Å². The average molecular weight is 193 g/mol. The molecule has 0 radical (unpaired) electrons. The third kappa shape index (κ3) is 1.90. The predicted molar refractivity (Wildman–Crippen MR) is 49.6 cm³/mol. The van der Waals surface area contributed by atoms with Gasteiger partial charge in [0.2, 0.25) is 0 Å². The Labute approximate surface area is 80.7 Å². The number of anilines is 1. The van der Waals surface area contributed by atoms with Gasteiger partial charge in [0.1, 0.15) is 11.5 Å². The van der Waals surface area contributed by atoms with E-state index in [0.717, 1.165) is 17.9 Å². The highest BCUT2D eigenvalue weighted by atomic mass is 16.3. The van der Waals surface area contributed by atoms with Crippen LogP contribution in [0, 0.1) is 0 Å². The topological polar surface area (TPSA) is 79.6 Å². The molecule has 2 aromatic rings. The Morgan fingerprint density at radius 2 is 2.29 bits per heavy atom. The largest absolute Gasteiger partial charge is 0.464 e. The summed E-state index contributed by atoms with van der Waals surface area (Å²) in [7, 11) is 0. The molecule has 0 spiro atoms. The third-order valence-electron chi connectivity index (χ3n) is 1.83. The molecule has 6 nitrogen and oxygen atoms in total. The fourth-order valence-electron chi connectivity index (χ4n) is 1.11. The van der Waals surface area contributed by atoms with Crippen LogP contribution >= 0.6 is 0 Å². The highest BCUT2D eigenvalue weighted by Gasteiger charge is 2.01. The molecule has 0 unspecified atom stereocenters. The van der Waals surface area contributed by atoms with E-state index in [4.69, 9.17) is 4.42 Å². The molecule has 2 heterocycles. The Bertz CT molecular complexity index is 380. The van der Waals surface area contributed by atoms with Gasteiger partial charge in [-0.15, -0.1) is 5.10 Å². The third-order valence-corrected chi connectivity index (χ3v) is 1.83. The van der Waals surface area contributed by atoms with Gasteiger partial charge in [0.05, 0.1) is 6.54 Å². The van der Waals surface area contributed by atoms with E-state index in [1.54, 1.807) is 0 Å². The van der Waals surface area contributed by atoms with Crippen molar-refractivity contribution >= 4 is 5.95 Å². The Morgan fingerprint density at radius 3 is 2.93 bits per heavy atom.